The van der Waals surface area contributed by atoms with Gasteiger partial charge in [0.15, 0.2) is 0 Å². The van der Waals surface area contributed by atoms with Crippen LogP contribution in [0.2, 0.25) is 0 Å². The lowest BCUT2D eigenvalue weighted by Gasteiger charge is -2.26. The summed E-state index contributed by atoms with van der Waals surface area (Å²) in [5.41, 5.74) is 3.52. The van der Waals surface area contributed by atoms with Crippen LogP contribution >= 0.6 is 11.3 Å². The van der Waals surface area contributed by atoms with Gasteiger partial charge < -0.3 is 10.1 Å². The van der Waals surface area contributed by atoms with E-state index in [-0.39, 0.29) is 5.91 Å². The standard InChI is InChI=1S/C21H26N2O2S/c24-21(20-14-17-4-2-1-3-5-19(17)26-20)22-18-8-6-16(7-9-18)15-23-10-12-25-13-11-23/h6-9,14H,1-5,10-13,15H2,(H,22,24). The van der Waals surface area contributed by atoms with E-state index in [9.17, 15) is 4.79 Å². The first-order valence-corrected chi connectivity index (χ1v) is 10.4. The van der Waals surface area contributed by atoms with Crippen molar-refractivity contribution in [1.82, 2.24) is 4.90 Å². The molecule has 0 unspecified atom stereocenters. The maximum Gasteiger partial charge on any atom is 0.265 e. The van der Waals surface area contributed by atoms with Gasteiger partial charge in [0, 0.05) is 30.2 Å². The summed E-state index contributed by atoms with van der Waals surface area (Å²) < 4.78 is 5.39. The minimum Gasteiger partial charge on any atom is -0.379 e. The molecule has 0 radical (unpaired) electrons. The number of thiophene rings is 1. The molecule has 0 bridgehead atoms. The summed E-state index contributed by atoms with van der Waals surface area (Å²) in [5, 5.41) is 3.05. The van der Waals surface area contributed by atoms with Gasteiger partial charge in [-0.25, -0.2) is 0 Å². The highest BCUT2D eigenvalue weighted by Crippen LogP contribution is 2.29. The van der Waals surface area contributed by atoms with E-state index < -0.39 is 0 Å². The van der Waals surface area contributed by atoms with Crippen LogP contribution in [-0.4, -0.2) is 37.1 Å². The summed E-state index contributed by atoms with van der Waals surface area (Å²) in [4.78, 5) is 17.2. The molecule has 1 aliphatic carbocycles. The number of hydrogen-bond acceptors (Lipinski definition) is 4. The van der Waals surface area contributed by atoms with Crippen molar-refractivity contribution in [2.24, 2.45) is 0 Å². The maximum absolute atomic E-state index is 12.6. The first-order valence-electron chi connectivity index (χ1n) is 9.60. The lowest BCUT2D eigenvalue weighted by molar-refractivity contribution is 0.0342. The molecule has 2 aromatic rings. The first kappa shape index (κ1) is 17.7. The molecule has 0 atom stereocenters. The van der Waals surface area contributed by atoms with Crippen LogP contribution in [0.1, 0.15) is 44.9 Å². The lowest BCUT2D eigenvalue weighted by atomic mass is 10.1. The average Bonchev–Trinajstić information content (AvgIpc) is 2.95. The second-order valence-corrected chi connectivity index (χ2v) is 8.30. The lowest BCUT2D eigenvalue weighted by Crippen LogP contribution is -2.35. The van der Waals surface area contributed by atoms with Crippen molar-refractivity contribution in [3.05, 3.63) is 51.2 Å². The van der Waals surface area contributed by atoms with Crippen molar-refractivity contribution < 1.29 is 9.53 Å². The van der Waals surface area contributed by atoms with Gasteiger partial charge in [-0.2, -0.15) is 0 Å². The van der Waals surface area contributed by atoms with Gasteiger partial charge in [0.25, 0.3) is 5.91 Å². The molecule has 4 nitrogen and oxygen atoms in total. The highest BCUT2D eigenvalue weighted by atomic mass is 32.1. The number of amides is 1. The quantitative estimate of drug-likeness (QED) is 0.824. The number of rotatable bonds is 4. The number of aryl methyl sites for hydroxylation is 2. The molecule has 1 aromatic heterocycles. The topological polar surface area (TPSA) is 41.6 Å². The largest absolute Gasteiger partial charge is 0.379 e. The summed E-state index contributed by atoms with van der Waals surface area (Å²) in [6.45, 7) is 4.55. The Bertz CT molecular complexity index is 724. The number of morpholine rings is 1. The van der Waals surface area contributed by atoms with Crippen molar-refractivity contribution in [2.45, 2.75) is 38.6 Å². The van der Waals surface area contributed by atoms with E-state index >= 15 is 0 Å². The third-order valence-corrected chi connectivity index (χ3v) is 6.43. The molecule has 2 aliphatic rings. The van der Waals surface area contributed by atoms with Crippen molar-refractivity contribution >= 4 is 22.9 Å². The molecule has 5 heteroatoms. The Balaban J connectivity index is 1.37. The Morgan fingerprint density at radius 3 is 2.65 bits per heavy atom. The minimum atomic E-state index is 0.0176. The highest BCUT2D eigenvalue weighted by Gasteiger charge is 2.17. The molecule has 1 saturated heterocycles. The average molecular weight is 371 g/mol. The predicted molar refractivity (Wildman–Crippen MR) is 106 cm³/mol. The van der Waals surface area contributed by atoms with Crippen molar-refractivity contribution in [3.8, 4) is 0 Å². The zero-order valence-electron chi connectivity index (χ0n) is 15.1. The SMILES string of the molecule is O=C(Nc1ccc(CN2CCOCC2)cc1)c1cc2c(s1)CCCCC2. The fourth-order valence-electron chi connectivity index (χ4n) is 3.68. The van der Waals surface area contributed by atoms with E-state index in [4.69, 9.17) is 4.74 Å². The summed E-state index contributed by atoms with van der Waals surface area (Å²) in [7, 11) is 0. The van der Waals surface area contributed by atoms with Gasteiger partial charge in [0.05, 0.1) is 18.1 Å². The molecule has 138 valence electrons. The van der Waals surface area contributed by atoms with Gasteiger partial charge in [-0.05, 0) is 55.0 Å². The fourth-order valence-corrected chi connectivity index (χ4v) is 4.83. The highest BCUT2D eigenvalue weighted by molar-refractivity contribution is 7.14. The molecule has 1 aliphatic heterocycles. The number of carbonyl (C=O) groups excluding carboxylic acids is 1. The molecule has 4 rings (SSSR count). The van der Waals surface area contributed by atoms with Crippen LogP contribution in [0.4, 0.5) is 5.69 Å². The van der Waals surface area contributed by atoms with Crippen LogP contribution in [0.5, 0.6) is 0 Å². The summed E-state index contributed by atoms with van der Waals surface area (Å²) in [5.74, 6) is 0.0176. The first-order chi connectivity index (χ1) is 12.8. The predicted octanol–water partition coefficient (Wildman–Crippen LogP) is 4.10. The third kappa shape index (κ3) is 4.34. The molecule has 0 saturated carbocycles. The smallest absolute Gasteiger partial charge is 0.265 e. The van der Waals surface area contributed by atoms with E-state index in [0.29, 0.717) is 0 Å². The number of nitrogens with one attached hydrogen (secondary N) is 1. The summed E-state index contributed by atoms with van der Waals surface area (Å²) in [6.07, 6.45) is 6.05. The number of ether oxygens (including phenoxy) is 1. The fraction of sp³-hybridized carbons (Fsp3) is 0.476. The Labute approximate surface area is 159 Å². The van der Waals surface area contributed by atoms with Crippen LogP contribution in [0, 0.1) is 0 Å². The van der Waals surface area contributed by atoms with E-state index in [1.165, 1.54) is 35.3 Å². The van der Waals surface area contributed by atoms with Gasteiger partial charge in [0.2, 0.25) is 0 Å². The monoisotopic (exact) mass is 370 g/mol. The molecule has 1 amide bonds. The van der Waals surface area contributed by atoms with E-state index in [0.717, 1.165) is 56.3 Å². The molecule has 0 spiro atoms. The van der Waals surface area contributed by atoms with E-state index in [1.54, 1.807) is 11.3 Å². The minimum absolute atomic E-state index is 0.0176. The Morgan fingerprint density at radius 2 is 1.85 bits per heavy atom. The normalized spacial score (nSPS) is 18.2. The summed E-state index contributed by atoms with van der Waals surface area (Å²) in [6, 6.07) is 10.3. The molecule has 1 aromatic carbocycles. The molecule has 1 N–H and O–H groups in total. The number of benzene rings is 1. The number of fused-ring (bicyclic) bond motifs is 1. The zero-order valence-corrected chi connectivity index (χ0v) is 15.9. The van der Waals surface area contributed by atoms with Gasteiger partial charge in [-0.1, -0.05) is 18.6 Å². The second kappa shape index (κ2) is 8.33. The summed E-state index contributed by atoms with van der Waals surface area (Å²) >= 11 is 1.67. The Morgan fingerprint density at radius 1 is 1.08 bits per heavy atom. The van der Waals surface area contributed by atoms with Crippen molar-refractivity contribution in [2.75, 3.05) is 31.6 Å². The van der Waals surface area contributed by atoms with Gasteiger partial charge >= 0.3 is 0 Å². The van der Waals surface area contributed by atoms with Crippen LogP contribution in [-0.2, 0) is 24.1 Å². The third-order valence-electron chi connectivity index (χ3n) is 5.19. The number of anilines is 1. The molecule has 1 fully saturated rings. The van der Waals surface area contributed by atoms with Gasteiger partial charge in [0.1, 0.15) is 0 Å². The number of carbonyl (C=O) groups is 1. The number of hydrogen-bond donors (Lipinski definition) is 1. The van der Waals surface area contributed by atoms with Gasteiger partial charge in [-0.15, -0.1) is 11.3 Å². The second-order valence-electron chi connectivity index (χ2n) is 7.16. The maximum atomic E-state index is 12.6. The Kier molecular flexibility index (Phi) is 5.68. The van der Waals surface area contributed by atoms with E-state index in [2.05, 4.69) is 28.4 Å². The molecule has 2 heterocycles. The molecular formula is C21H26N2O2S. The van der Waals surface area contributed by atoms with E-state index in [1.807, 2.05) is 12.1 Å². The van der Waals surface area contributed by atoms with Crippen LogP contribution in [0.3, 0.4) is 0 Å². The van der Waals surface area contributed by atoms with Crippen molar-refractivity contribution in [1.29, 1.82) is 0 Å². The molecule has 26 heavy (non-hydrogen) atoms. The van der Waals surface area contributed by atoms with Crippen molar-refractivity contribution in [3.63, 3.8) is 0 Å². The Hall–Kier alpha value is -1.69. The number of nitrogens with zero attached hydrogens (tertiary/aromatic N) is 1. The zero-order chi connectivity index (χ0) is 17.8. The molecular weight excluding hydrogens is 344 g/mol. The van der Waals surface area contributed by atoms with Gasteiger partial charge in [-0.3, -0.25) is 9.69 Å². The van der Waals surface area contributed by atoms with Crippen LogP contribution in [0.15, 0.2) is 30.3 Å². The van der Waals surface area contributed by atoms with Crippen LogP contribution < -0.4 is 5.32 Å². The van der Waals surface area contributed by atoms with Crippen LogP contribution in [0.25, 0.3) is 0 Å².